The summed E-state index contributed by atoms with van der Waals surface area (Å²) in [5, 5.41) is 5.26. The third kappa shape index (κ3) is 2.78. The molecule has 0 saturated carbocycles. The Labute approximate surface area is 110 Å². The van der Waals surface area contributed by atoms with Crippen molar-refractivity contribution in [3.63, 3.8) is 0 Å². The molecule has 2 heterocycles. The highest BCUT2D eigenvalue weighted by Gasteiger charge is 2.33. The minimum atomic E-state index is -0.557. The Morgan fingerprint density at radius 2 is 2.21 bits per heavy atom. The molecule has 1 aliphatic heterocycles. The predicted molar refractivity (Wildman–Crippen MR) is 67.0 cm³/mol. The zero-order valence-corrected chi connectivity index (χ0v) is 11.0. The van der Waals surface area contributed by atoms with E-state index in [4.69, 9.17) is 9.15 Å². The van der Waals surface area contributed by atoms with Crippen molar-refractivity contribution in [3.05, 3.63) is 35.4 Å². The molecule has 0 aliphatic carbocycles. The van der Waals surface area contributed by atoms with Crippen LogP contribution in [0.2, 0.25) is 0 Å². The van der Waals surface area contributed by atoms with Crippen molar-refractivity contribution in [3.8, 4) is 0 Å². The molecule has 19 heavy (non-hydrogen) atoms. The van der Waals surface area contributed by atoms with E-state index in [1.807, 2.05) is 0 Å². The molecule has 2 N–H and O–H groups in total. The van der Waals surface area contributed by atoms with Gasteiger partial charge in [0.05, 0.1) is 30.2 Å². The molecular formula is C13H16N2O4. The zero-order valence-electron chi connectivity index (χ0n) is 11.0. The highest BCUT2D eigenvalue weighted by molar-refractivity contribution is 5.95. The molecule has 1 atom stereocenters. The van der Waals surface area contributed by atoms with Gasteiger partial charge in [0.2, 0.25) is 0 Å². The largest absolute Gasteiger partial charge is 0.472 e. The number of ether oxygens (including phenoxy) is 1. The SMILES string of the molecule is CC1=C(C(=O)OC(C)C)C(c2ccoc2)NC(=O)N1. The lowest BCUT2D eigenvalue weighted by atomic mass is 9.98. The molecule has 1 unspecified atom stereocenters. The van der Waals surface area contributed by atoms with Crippen molar-refractivity contribution in [1.82, 2.24) is 10.6 Å². The number of rotatable bonds is 3. The quantitative estimate of drug-likeness (QED) is 0.816. The highest BCUT2D eigenvalue weighted by atomic mass is 16.5. The lowest BCUT2D eigenvalue weighted by Gasteiger charge is -2.27. The first-order valence-corrected chi connectivity index (χ1v) is 6.00. The minimum Gasteiger partial charge on any atom is -0.472 e. The summed E-state index contributed by atoms with van der Waals surface area (Å²) in [6, 6.07) is 0.787. The average molecular weight is 264 g/mol. The van der Waals surface area contributed by atoms with Crippen LogP contribution in [0.25, 0.3) is 0 Å². The molecule has 6 heteroatoms. The van der Waals surface area contributed by atoms with Gasteiger partial charge in [-0.3, -0.25) is 0 Å². The fourth-order valence-electron chi connectivity index (χ4n) is 1.93. The summed E-state index contributed by atoms with van der Waals surface area (Å²) in [5.74, 6) is -0.453. The number of hydrogen-bond donors (Lipinski definition) is 2. The fourth-order valence-corrected chi connectivity index (χ4v) is 1.93. The molecule has 0 saturated heterocycles. The van der Waals surface area contributed by atoms with Crippen LogP contribution in [-0.2, 0) is 9.53 Å². The Balaban J connectivity index is 2.36. The van der Waals surface area contributed by atoms with E-state index in [-0.39, 0.29) is 12.1 Å². The molecular weight excluding hydrogens is 248 g/mol. The molecule has 0 bridgehead atoms. The van der Waals surface area contributed by atoms with E-state index in [0.29, 0.717) is 16.8 Å². The van der Waals surface area contributed by atoms with Crippen LogP contribution in [0, 0.1) is 0 Å². The second kappa shape index (κ2) is 5.17. The third-order valence-electron chi connectivity index (χ3n) is 2.71. The first-order valence-electron chi connectivity index (χ1n) is 6.00. The topological polar surface area (TPSA) is 80.6 Å². The van der Waals surface area contributed by atoms with Crippen molar-refractivity contribution in [2.24, 2.45) is 0 Å². The molecule has 1 aliphatic rings. The lowest BCUT2D eigenvalue weighted by molar-refractivity contribution is -0.143. The smallest absolute Gasteiger partial charge is 0.338 e. The summed E-state index contributed by atoms with van der Waals surface area (Å²) < 4.78 is 10.2. The predicted octanol–water partition coefficient (Wildman–Crippen LogP) is 1.86. The Hall–Kier alpha value is -2.24. The van der Waals surface area contributed by atoms with Crippen LogP contribution in [0.15, 0.2) is 34.3 Å². The molecule has 6 nitrogen and oxygen atoms in total. The monoisotopic (exact) mass is 264 g/mol. The van der Waals surface area contributed by atoms with Gasteiger partial charge >= 0.3 is 12.0 Å². The van der Waals surface area contributed by atoms with Gasteiger partial charge in [0, 0.05) is 11.3 Å². The molecule has 102 valence electrons. The highest BCUT2D eigenvalue weighted by Crippen LogP contribution is 2.27. The molecule has 2 amide bonds. The maximum Gasteiger partial charge on any atom is 0.338 e. The van der Waals surface area contributed by atoms with Crippen molar-refractivity contribution in [2.45, 2.75) is 32.9 Å². The van der Waals surface area contributed by atoms with Gasteiger partial charge < -0.3 is 19.8 Å². The number of esters is 1. The van der Waals surface area contributed by atoms with E-state index < -0.39 is 12.0 Å². The zero-order chi connectivity index (χ0) is 14.0. The summed E-state index contributed by atoms with van der Waals surface area (Å²) in [5.41, 5.74) is 1.57. The number of hydrogen-bond acceptors (Lipinski definition) is 4. The van der Waals surface area contributed by atoms with Gasteiger partial charge in [0.25, 0.3) is 0 Å². The van der Waals surface area contributed by atoms with Gasteiger partial charge in [0.15, 0.2) is 0 Å². The number of furan rings is 1. The minimum absolute atomic E-state index is 0.226. The second-order valence-electron chi connectivity index (χ2n) is 4.58. The fraction of sp³-hybridized carbons (Fsp3) is 0.385. The maximum atomic E-state index is 12.1. The molecule has 1 aromatic rings. The van der Waals surface area contributed by atoms with Crippen LogP contribution in [-0.4, -0.2) is 18.1 Å². The Bertz CT molecular complexity index is 517. The summed E-state index contributed by atoms with van der Waals surface area (Å²) >= 11 is 0. The Kier molecular flexibility index (Phi) is 3.59. The summed E-state index contributed by atoms with van der Waals surface area (Å²) in [7, 11) is 0. The van der Waals surface area contributed by atoms with E-state index >= 15 is 0 Å². The molecule has 0 fully saturated rings. The number of carbonyl (C=O) groups is 2. The summed E-state index contributed by atoms with van der Waals surface area (Å²) in [4.78, 5) is 23.7. The Morgan fingerprint density at radius 3 is 2.79 bits per heavy atom. The van der Waals surface area contributed by atoms with Gasteiger partial charge in [-0.1, -0.05) is 0 Å². The van der Waals surface area contributed by atoms with Crippen molar-refractivity contribution in [1.29, 1.82) is 0 Å². The Morgan fingerprint density at radius 1 is 1.47 bits per heavy atom. The molecule has 0 spiro atoms. The maximum absolute atomic E-state index is 12.1. The number of urea groups is 1. The molecule has 0 radical (unpaired) electrons. The summed E-state index contributed by atoms with van der Waals surface area (Å²) in [6.45, 7) is 5.22. The lowest BCUT2D eigenvalue weighted by Crippen LogP contribution is -2.45. The van der Waals surface area contributed by atoms with Crippen LogP contribution in [0.1, 0.15) is 32.4 Å². The van der Waals surface area contributed by atoms with Crippen LogP contribution >= 0.6 is 0 Å². The van der Waals surface area contributed by atoms with Gasteiger partial charge in [-0.05, 0) is 26.8 Å². The second-order valence-corrected chi connectivity index (χ2v) is 4.58. The average Bonchev–Trinajstić information content (AvgIpc) is 2.79. The first kappa shape index (κ1) is 13.2. The van der Waals surface area contributed by atoms with E-state index in [0.717, 1.165) is 0 Å². The number of amides is 2. The number of nitrogens with one attached hydrogen (secondary N) is 2. The van der Waals surface area contributed by atoms with Crippen LogP contribution < -0.4 is 10.6 Å². The number of allylic oxidation sites excluding steroid dienone is 1. The number of carbonyl (C=O) groups excluding carboxylic acids is 2. The van der Waals surface area contributed by atoms with E-state index in [2.05, 4.69) is 10.6 Å². The van der Waals surface area contributed by atoms with Crippen LogP contribution in [0.5, 0.6) is 0 Å². The van der Waals surface area contributed by atoms with Gasteiger partial charge in [-0.15, -0.1) is 0 Å². The van der Waals surface area contributed by atoms with Crippen LogP contribution in [0.3, 0.4) is 0 Å². The summed E-state index contributed by atoms with van der Waals surface area (Å²) in [6.07, 6.45) is 2.76. The van der Waals surface area contributed by atoms with E-state index in [9.17, 15) is 9.59 Å². The first-order chi connectivity index (χ1) is 8.99. The van der Waals surface area contributed by atoms with Gasteiger partial charge in [-0.2, -0.15) is 0 Å². The van der Waals surface area contributed by atoms with Crippen molar-refractivity contribution < 1.29 is 18.7 Å². The van der Waals surface area contributed by atoms with E-state index in [1.54, 1.807) is 26.8 Å². The molecule has 1 aromatic heterocycles. The van der Waals surface area contributed by atoms with Gasteiger partial charge in [-0.25, -0.2) is 9.59 Å². The van der Waals surface area contributed by atoms with Gasteiger partial charge in [0.1, 0.15) is 0 Å². The standard InChI is InChI=1S/C13H16N2O4/c1-7(2)19-12(16)10-8(3)14-13(17)15-11(10)9-4-5-18-6-9/h4-7,11H,1-3H3,(H2,14,15,17). The molecule has 0 aromatic carbocycles. The van der Waals surface area contributed by atoms with E-state index in [1.165, 1.54) is 12.5 Å². The van der Waals surface area contributed by atoms with Crippen molar-refractivity contribution >= 4 is 12.0 Å². The molecule has 2 rings (SSSR count). The van der Waals surface area contributed by atoms with Crippen LogP contribution in [0.4, 0.5) is 4.79 Å². The van der Waals surface area contributed by atoms with Crippen molar-refractivity contribution in [2.75, 3.05) is 0 Å². The third-order valence-corrected chi connectivity index (χ3v) is 2.71. The normalized spacial score (nSPS) is 19.2.